The van der Waals surface area contributed by atoms with Gasteiger partial charge in [-0.1, -0.05) is 18.7 Å². The van der Waals surface area contributed by atoms with Crippen LogP contribution in [0.4, 0.5) is 0 Å². The van der Waals surface area contributed by atoms with Crippen molar-refractivity contribution >= 4 is 19.7 Å². The van der Waals surface area contributed by atoms with E-state index in [1.54, 1.807) is 19.1 Å². The normalized spacial score (nSPS) is 13.8. The van der Waals surface area contributed by atoms with E-state index in [-0.39, 0.29) is 4.91 Å². The van der Waals surface area contributed by atoms with Crippen molar-refractivity contribution in [1.29, 1.82) is 0 Å². The van der Waals surface area contributed by atoms with Crippen LogP contribution in [-0.2, 0) is 9.05 Å². The highest BCUT2D eigenvalue weighted by atomic mass is 35.7. The number of hydrogen-bond donors (Lipinski definition) is 0. The van der Waals surface area contributed by atoms with Crippen molar-refractivity contribution in [2.45, 2.75) is 6.92 Å². The number of hydrogen-bond acceptors (Lipinski definition) is 2. The Kier molecular flexibility index (Phi) is 4.15. The van der Waals surface area contributed by atoms with Gasteiger partial charge in [0.1, 0.15) is 0 Å². The fraction of sp³-hybridized carbons (Fsp3) is 0.143. The van der Waals surface area contributed by atoms with Crippen LogP contribution in [0.5, 0.6) is 0 Å². The van der Waals surface area contributed by atoms with Gasteiger partial charge < -0.3 is 0 Å². The summed E-state index contributed by atoms with van der Waals surface area (Å²) in [6.45, 7) is 5.09. The number of allylic oxidation sites excluding steroid dienone is 4. The first kappa shape index (κ1) is 10.5. The summed E-state index contributed by atoms with van der Waals surface area (Å²) in [7, 11) is 1.41. The molecule has 0 aromatic carbocycles. The molecule has 0 radical (unpaired) electrons. The Balaban J connectivity index is 4.84. The molecule has 0 saturated heterocycles. The van der Waals surface area contributed by atoms with Crippen molar-refractivity contribution in [2.75, 3.05) is 0 Å². The molecule has 4 heteroatoms. The molecule has 0 rings (SSSR count). The Morgan fingerprint density at radius 1 is 1.55 bits per heavy atom. The summed E-state index contributed by atoms with van der Waals surface area (Å²) in [5.41, 5.74) is 0. The van der Waals surface area contributed by atoms with E-state index < -0.39 is 9.05 Å². The Hall–Kier alpha value is -0.540. The van der Waals surface area contributed by atoms with Gasteiger partial charge in [-0.15, -0.1) is 0 Å². The standard InChI is InChI=1S/C7H9ClO2S/c1-3-5-6-7(4-2)11(8,9)10/h3-6H,2H2,1H3/b5-3-,7-6+. The lowest BCUT2D eigenvalue weighted by molar-refractivity contribution is 0.615. The molecular weight excluding hydrogens is 184 g/mol. The van der Waals surface area contributed by atoms with Gasteiger partial charge in [-0.25, -0.2) is 8.42 Å². The lowest BCUT2D eigenvalue weighted by atomic mass is 10.4. The zero-order valence-electron chi connectivity index (χ0n) is 6.12. The smallest absolute Gasteiger partial charge is 0.207 e. The highest BCUT2D eigenvalue weighted by molar-refractivity contribution is 8.17. The fourth-order valence-corrected chi connectivity index (χ4v) is 1.22. The molecule has 0 aromatic heterocycles. The highest BCUT2D eigenvalue weighted by Crippen LogP contribution is 2.12. The summed E-state index contributed by atoms with van der Waals surface area (Å²) in [6.07, 6.45) is 5.86. The van der Waals surface area contributed by atoms with E-state index in [0.717, 1.165) is 0 Å². The average molecular weight is 193 g/mol. The van der Waals surface area contributed by atoms with Crippen LogP contribution in [0.15, 0.2) is 35.8 Å². The molecular formula is C7H9ClO2S. The van der Waals surface area contributed by atoms with E-state index in [1.807, 2.05) is 0 Å². The molecule has 0 heterocycles. The minimum atomic E-state index is -3.62. The number of rotatable bonds is 3. The maximum absolute atomic E-state index is 10.7. The van der Waals surface area contributed by atoms with Crippen LogP contribution in [0.25, 0.3) is 0 Å². The molecule has 62 valence electrons. The Bertz CT molecular complexity index is 286. The van der Waals surface area contributed by atoms with Crippen LogP contribution in [-0.4, -0.2) is 8.42 Å². The molecule has 11 heavy (non-hydrogen) atoms. The molecule has 0 bridgehead atoms. The Morgan fingerprint density at radius 2 is 2.09 bits per heavy atom. The molecule has 2 nitrogen and oxygen atoms in total. The minimum absolute atomic E-state index is 0.0114. The van der Waals surface area contributed by atoms with Gasteiger partial charge in [0.2, 0.25) is 0 Å². The van der Waals surface area contributed by atoms with Crippen LogP contribution in [0, 0.1) is 0 Å². The second-order valence-corrected chi connectivity index (χ2v) is 4.30. The maximum atomic E-state index is 10.7. The first-order valence-corrected chi connectivity index (χ1v) is 5.23. The second-order valence-electron chi connectivity index (χ2n) is 1.74. The first-order valence-electron chi connectivity index (χ1n) is 2.92. The van der Waals surface area contributed by atoms with Crippen LogP contribution < -0.4 is 0 Å². The first-order chi connectivity index (χ1) is 5.02. The molecule has 0 aliphatic heterocycles. The molecule has 0 fully saturated rings. The van der Waals surface area contributed by atoms with Crippen LogP contribution in [0.1, 0.15) is 6.92 Å². The van der Waals surface area contributed by atoms with Crippen LogP contribution in [0.3, 0.4) is 0 Å². The number of halogens is 1. The average Bonchev–Trinajstić information content (AvgIpc) is 1.87. The quantitative estimate of drug-likeness (QED) is 0.508. The monoisotopic (exact) mass is 192 g/mol. The molecule has 0 unspecified atom stereocenters. The van der Waals surface area contributed by atoms with Crippen molar-refractivity contribution in [1.82, 2.24) is 0 Å². The van der Waals surface area contributed by atoms with Crippen molar-refractivity contribution in [3.05, 3.63) is 35.8 Å². The summed E-state index contributed by atoms with van der Waals surface area (Å²) in [5, 5.41) is 0. The third kappa shape index (κ3) is 4.01. The largest absolute Gasteiger partial charge is 0.261 e. The lowest BCUT2D eigenvalue weighted by Crippen LogP contribution is -1.89. The Labute approximate surface area is 71.3 Å². The zero-order valence-corrected chi connectivity index (χ0v) is 7.69. The predicted molar refractivity (Wildman–Crippen MR) is 47.9 cm³/mol. The van der Waals surface area contributed by atoms with Gasteiger partial charge in [0.25, 0.3) is 9.05 Å². The van der Waals surface area contributed by atoms with Crippen molar-refractivity contribution in [3.63, 3.8) is 0 Å². The molecule has 0 aliphatic carbocycles. The van der Waals surface area contributed by atoms with E-state index in [9.17, 15) is 8.42 Å². The SMILES string of the molecule is C=C/C(=C\C=C/C)S(=O)(=O)Cl. The summed E-state index contributed by atoms with van der Waals surface area (Å²) in [6, 6.07) is 0. The van der Waals surface area contributed by atoms with Gasteiger partial charge in [0, 0.05) is 10.7 Å². The molecule has 0 amide bonds. The van der Waals surface area contributed by atoms with Gasteiger partial charge in [-0.3, -0.25) is 0 Å². The molecule has 0 aromatic rings. The van der Waals surface area contributed by atoms with Crippen molar-refractivity contribution in [3.8, 4) is 0 Å². The van der Waals surface area contributed by atoms with Gasteiger partial charge in [-0.05, 0) is 19.1 Å². The van der Waals surface area contributed by atoms with Crippen molar-refractivity contribution < 1.29 is 8.42 Å². The van der Waals surface area contributed by atoms with Gasteiger partial charge in [0.05, 0.1) is 4.91 Å². The summed E-state index contributed by atoms with van der Waals surface area (Å²) >= 11 is 0. The van der Waals surface area contributed by atoms with Crippen LogP contribution in [0.2, 0.25) is 0 Å². The lowest BCUT2D eigenvalue weighted by Gasteiger charge is -1.91. The zero-order chi connectivity index (χ0) is 8.91. The van der Waals surface area contributed by atoms with E-state index >= 15 is 0 Å². The third-order valence-electron chi connectivity index (χ3n) is 0.936. The molecule has 0 N–H and O–H groups in total. The van der Waals surface area contributed by atoms with E-state index in [2.05, 4.69) is 6.58 Å². The van der Waals surface area contributed by atoms with E-state index in [4.69, 9.17) is 10.7 Å². The van der Waals surface area contributed by atoms with E-state index in [0.29, 0.717) is 0 Å². The predicted octanol–water partition coefficient (Wildman–Crippen LogP) is 2.20. The minimum Gasteiger partial charge on any atom is -0.207 e. The highest BCUT2D eigenvalue weighted by Gasteiger charge is 2.07. The maximum Gasteiger partial charge on any atom is 0.261 e. The summed E-state index contributed by atoms with van der Waals surface area (Å²) in [4.78, 5) is 0.0114. The fourth-order valence-electron chi connectivity index (χ4n) is 0.440. The Morgan fingerprint density at radius 3 is 2.36 bits per heavy atom. The molecule has 0 spiro atoms. The van der Waals surface area contributed by atoms with Crippen LogP contribution >= 0.6 is 10.7 Å². The third-order valence-corrected chi connectivity index (χ3v) is 2.34. The van der Waals surface area contributed by atoms with Gasteiger partial charge in [-0.2, -0.15) is 0 Å². The second kappa shape index (κ2) is 4.36. The van der Waals surface area contributed by atoms with E-state index in [1.165, 1.54) is 12.2 Å². The molecule has 0 aliphatic rings. The summed E-state index contributed by atoms with van der Waals surface area (Å²) in [5.74, 6) is 0. The van der Waals surface area contributed by atoms with Crippen molar-refractivity contribution in [2.24, 2.45) is 0 Å². The molecule has 0 atom stereocenters. The topological polar surface area (TPSA) is 34.1 Å². The van der Waals surface area contributed by atoms with Gasteiger partial charge >= 0.3 is 0 Å². The summed E-state index contributed by atoms with van der Waals surface area (Å²) < 4.78 is 21.3. The van der Waals surface area contributed by atoms with Gasteiger partial charge in [0.15, 0.2) is 0 Å². The molecule has 0 saturated carbocycles.